The number of anilines is 2. The van der Waals surface area contributed by atoms with Gasteiger partial charge in [0.2, 0.25) is 5.95 Å². The minimum Gasteiger partial charge on any atom is -0.349 e. The molecule has 2 aromatic heterocycles. The van der Waals surface area contributed by atoms with Crippen molar-refractivity contribution in [3.05, 3.63) is 87.3 Å². The van der Waals surface area contributed by atoms with Crippen LogP contribution in [0.4, 0.5) is 25.8 Å². The van der Waals surface area contributed by atoms with Gasteiger partial charge in [0.15, 0.2) is 12.1 Å². The number of benzene rings is 2. The molecule has 0 saturated heterocycles. The molecule has 0 spiro atoms. The number of aromatic nitrogens is 2. The van der Waals surface area contributed by atoms with Gasteiger partial charge in [-0.1, -0.05) is 23.7 Å². The molecule has 1 N–H and O–H groups in total. The zero-order chi connectivity index (χ0) is 22.1. The highest BCUT2D eigenvalue weighted by atomic mass is 35.5. The Morgan fingerprint density at radius 3 is 2.58 bits per heavy atom. The van der Waals surface area contributed by atoms with Gasteiger partial charge in [0, 0.05) is 29.0 Å². The molecule has 0 unspecified atom stereocenters. The lowest BCUT2D eigenvalue weighted by Crippen LogP contribution is -2.03. The summed E-state index contributed by atoms with van der Waals surface area (Å²) in [5.74, 6) is -2.56. The van der Waals surface area contributed by atoms with Crippen molar-refractivity contribution in [2.75, 3.05) is 5.32 Å². The van der Waals surface area contributed by atoms with Crippen molar-refractivity contribution < 1.29 is 18.5 Å². The first-order chi connectivity index (χ1) is 14.9. The number of carbonyl (C=O) groups is 1. The highest BCUT2D eigenvalue weighted by Crippen LogP contribution is 2.38. The number of nitro benzene ring substituents is 1. The highest BCUT2D eigenvalue weighted by molar-refractivity contribution is 6.35. The lowest BCUT2D eigenvalue weighted by Gasteiger charge is -2.13. The first-order valence-corrected chi connectivity index (χ1v) is 9.16. The molecular weight excluding hydrogens is 430 g/mol. The molecule has 10 heteroatoms. The Hall–Kier alpha value is -3.98. The maximum atomic E-state index is 14.3. The number of hydrogen-bond acceptors (Lipinski definition) is 6. The molecule has 2 aromatic carbocycles. The minimum atomic E-state index is -1.33. The van der Waals surface area contributed by atoms with Crippen molar-refractivity contribution in [3.63, 3.8) is 0 Å². The van der Waals surface area contributed by atoms with E-state index < -0.39 is 22.4 Å². The molecule has 0 bridgehead atoms. The molecular formula is C21H11ClF2N4O3. The third-order valence-electron chi connectivity index (χ3n) is 4.60. The van der Waals surface area contributed by atoms with Crippen molar-refractivity contribution in [2.24, 2.45) is 0 Å². The summed E-state index contributed by atoms with van der Waals surface area (Å²) in [4.78, 5) is 30.0. The van der Waals surface area contributed by atoms with E-state index in [2.05, 4.69) is 15.3 Å². The van der Waals surface area contributed by atoms with E-state index in [1.54, 1.807) is 24.3 Å². The van der Waals surface area contributed by atoms with Crippen molar-refractivity contribution in [2.45, 2.75) is 0 Å². The van der Waals surface area contributed by atoms with Crippen LogP contribution in [0.3, 0.4) is 0 Å². The second-order valence-electron chi connectivity index (χ2n) is 6.42. The van der Waals surface area contributed by atoms with Crippen LogP contribution in [0.2, 0.25) is 5.02 Å². The molecule has 2 heterocycles. The number of hydrogen-bond donors (Lipinski definition) is 1. The summed E-state index contributed by atoms with van der Waals surface area (Å²) in [6, 6.07) is 10.2. The lowest BCUT2D eigenvalue weighted by molar-refractivity contribution is -0.384. The fraction of sp³-hybridized carbons (Fsp3) is 0. The van der Waals surface area contributed by atoms with E-state index in [4.69, 9.17) is 11.6 Å². The molecule has 7 nitrogen and oxygen atoms in total. The number of nitro groups is 1. The van der Waals surface area contributed by atoms with Crippen LogP contribution < -0.4 is 5.32 Å². The summed E-state index contributed by atoms with van der Waals surface area (Å²) >= 11 is 6.17. The molecule has 0 aliphatic carbocycles. The predicted molar refractivity (Wildman–Crippen MR) is 112 cm³/mol. The number of para-hydroxylation sites is 1. The van der Waals surface area contributed by atoms with Crippen LogP contribution in [-0.4, -0.2) is 21.2 Å². The second kappa shape index (κ2) is 8.04. The lowest BCUT2D eigenvalue weighted by atomic mass is 10.0. The Labute approximate surface area is 178 Å². The van der Waals surface area contributed by atoms with Crippen LogP contribution in [-0.2, 0) is 0 Å². The topological polar surface area (TPSA) is 98.0 Å². The van der Waals surface area contributed by atoms with Gasteiger partial charge in [-0.15, -0.1) is 0 Å². The van der Waals surface area contributed by atoms with Crippen LogP contribution in [0.5, 0.6) is 0 Å². The monoisotopic (exact) mass is 440 g/mol. The SMILES string of the molecule is O=Cc1cc(-c2ccnc(F)c2F)cc(Nc2ccnc3c(Cl)cccc23)c1[N+](=O)[O-]. The summed E-state index contributed by atoms with van der Waals surface area (Å²) in [6.45, 7) is 0. The zero-order valence-electron chi connectivity index (χ0n) is 15.5. The molecule has 0 fully saturated rings. The number of carbonyl (C=O) groups excluding carboxylic acids is 1. The number of rotatable bonds is 5. The third kappa shape index (κ3) is 3.66. The number of pyridine rings is 2. The normalized spacial score (nSPS) is 10.8. The van der Waals surface area contributed by atoms with Gasteiger partial charge in [-0.25, -0.2) is 9.37 Å². The van der Waals surface area contributed by atoms with Gasteiger partial charge in [-0.3, -0.25) is 19.9 Å². The number of fused-ring (bicyclic) bond motifs is 1. The van der Waals surface area contributed by atoms with Gasteiger partial charge in [0.05, 0.1) is 21.0 Å². The van der Waals surface area contributed by atoms with E-state index in [0.29, 0.717) is 21.6 Å². The Kier molecular flexibility index (Phi) is 5.26. The van der Waals surface area contributed by atoms with Gasteiger partial charge < -0.3 is 5.32 Å². The first kappa shape index (κ1) is 20.3. The minimum absolute atomic E-state index is 0.0606. The summed E-state index contributed by atoms with van der Waals surface area (Å²) < 4.78 is 27.9. The average Bonchev–Trinajstić information content (AvgIpc) is 2.75. The summed E-state index contributed by atoms with van der Waals surface area (Å²) in [7, 11) is 0. The summed E-state index contributed by atoms with van der Waals surface area (Å²) in [5, 5.41) is 15.6. The Morgan fingerprint density at radius 2 is 1.84 bits per heavy atom. The fourth-order valence-electron chi connectivity index (χ4n) is 3.24. The van der Waals surface area contributed by atoms with Crippen molar-refractivity contribution in [3.8, 4) is 11.1 Å². The third-order valence-corrected chi connectivity index (χ3v) is 4.90. The van der Waals surface area contributed by atoms with Gasteiger partial charge in [-0.2, -0.15) is 4.39 Å². The molecule has 4 aromatic rings. The molecule has 0 radical (unpaired) electrons. The number of nitrogens with zero attached hydrogens (tertiary/aromatic N) is 3. The maximum Gasteiger partial charge on any atom is 0.303 e. The van der Waals surface area contributed by atoms with Crippen LogP contribution >= 0.6 is 11.6 Å². The van der Waals surface area contributed by atoms with E-state index >= 15 is 0 Å². The Bertz CT molecular complexity index is 1360. The molecule has 0 aliphatic rings. The Morgan fingerprint density at radius 1 is 1.06 bits per heavy atom. The van der Waals surface area contributed by atoms with Gasteiger partial charge in [0.25, 0.3) is 0 Å². The average molecular weight is 441 g/mol. The molecule has 4 rings (SSSR count). The molecule has 0 atom stereocenters. The van der Waals surface area contributed by atoms with Crippen molar-refractivity contribution in [1.82, 2.24) is 9.97 Å². The van der Waals surface area contributed by atoms with Gasteiger partial charge in [0.1, 0.15) is 5.69 Å². The number of aldehydes is 1. The highest BCUT2D eigenvalue weighted by Gasteiger charge is 2.24. The smallest absolute Gasteiger partial charge is 0.303 e. The van der Waals surface area contributed by atoms with E-state index in [0.717, 1.165) is 12.3 Å². The zero-order valence-corrected chi connectivity index (χ0v) is 16.2. The van der Waals surface area contributed by atoms with Gasteiger partial charge >= 0.3 is 5.69 Å². The van der Waals surface area contributed by atoms with E-state index in [9.17, 15) is 23.7 Å². The van der Waals surface area contributed by atoms with Crippen LogP contribution in [0, 0.1) is 21.9 Å². The molecule has 31 heavy (non-hydrogen) atoms. The summed E-state index contributed by atoms with van der Waals surface area (Å²) in [5.41, 5.74) is -0.161. The molecule has 0 aliphatic heterocycles. The van der Waals surface area contributed by atoms with Gasteiger partial charge in [-0.05, 0) is 35.9 Å². The van der Waals surface area contributed by atoms with E-state index in [1.165, 1.54) is 18.3 Å². The van der Waals surface area contributed by atoms with Crippen LogP contribution in [0.25, 0.3) is 22.0 Å². The summed E-state index contributed by atoms with van der Waals surface area (Å²) in [6.07, 6.45) is 2.80. The maximum absolute atomic E-state index is 14.3. The van der Waals surface area contributed by atoms with E-state index in [-0.39, 0.29) is 28.7 Å². The van der Waals surface area contributed by atoms with Crippen molar-refractivity contribution in [1.29, 1.82) is 0 Å². The number of nitrogens with one attached hydrogen (secondary N) is 1. The fourth-order valence-corrected chi connectivity index (χ4v) is 3.46. The molecule has 0 amide bonds. The Balaban J connectivity index is 1.95. The standard InChI is InChI=1S/C21H11ClF2N4O3/c22-15-3-1-2-14-16(5-7-25-19(14)15)27-17-9-11(8-12(10-29)20(17)28(30)31)13-4-6-26-21(24)18(13)23/h1-10H,(H,25,27). The molecule has 0 saturated carbocycles. The van der Waals surface area contributed by atoms with E-state index in [1.807, 2.05) is 0 Å². The largest absolute Gasteiger partial charge is 0.349 e. The number of halogens is 3. The second-order valence-corrected chi connectivity index (χ2v) is 6.83. The van der Waals surface area contributed by atoms with Crippen molar-refractivity contribution >= 4 is 45.9 Å². The van der Waals surface area contributed by atoms with Crippen LogP contribution in [0.1, 0.15) is 10.4 Å². The predicted octanol–water partition coefficient (Wildman–Crippen LogP) is 5.69. The van der Waals surface area contributed by atoms with Crippen LogP contribution in [0.15, 0.2) is 54.9 Å². The quantitative estimate of drug-likeness (QED) is 0.185. The first-order valence-electron chi connectivity index (χ1n) is 8.79. The molecule has 154 valence electrons.